The summed E-state index contributed by atoms with van der Waals surface area (Å²) in [5, 5.41) is 0. The van der Waals surface area contributed by atoms with Crippen molar-refractivity contribution in [1.29, 1.82) is 0 Å². The second-order valence-electron chi connectivity index (χ2n) is 5.05. The van der Waals surface area contributed by atoms with E-state index in [1.807, 2.05) is 6.07 Å². The number of rotatable bonds is 4. The molecule has 1 aliphatic carbocycles. The molecular formula is C15H19BrFN. The van der Waals surface area contributed by atoms with E-state index in [0.29, 0.717) is 0 Å². The van der Waals surface area contributed by atoms with Crippen molar-refractivity contribution in [3.8, 4) is 0 Å². The lowest BCUT2D eigenvalue weighted by Crippen LogP contribution is -2.23. The quantitative estimate of drug-likeness (QED) is 0.822. The predicted octanol–water partition coefficient (Wildman–Crippen LogP) is 4.35. The second-order valence-corrected chi connectivity index (χ2v) is 5.97. The maximum Gasteiger partial charge on any atom is 0.124 e. The SMILES string of the molecule is NC(CC1=CCCCC1)Cc1cc(F)cc(Br)c1. The van der Waals surface area contributed by atoms with Gasteiger partial charge in [0.05, 0.1) is 0 Å². The van der Waals surface area contributed by atoms with E-state index in [1.165, 1.54) is 37.3 Å². The summed E-state index contributed by atoms with van der Waals surface area (Å²) >= 11 is 3.31. The van der Waals surface area contributed by atoms with Crippen molar-refractivity contribution in [3.05, 3.63) is 45.7 Å². The van der Waals surface area contributed by atoms with Crippen molar-refractivity contribution in [1.82, 2.24) is 0 Å². The molecule has 1 unspecified atom stereocenters. The van der Waals surface area contributed by atoms with E-state index < -0.39 is 0 Å². The molecule has 0 amide bonds. The molecule has 0 aliphatic heterocycles. The first kappa shape index (κ1) is 13.8. The number of nitrogens with two attached hydrogens (primary N) is 1. The first-order valence-electron chi connectivity index (χ1n) is 6.52. The Kier molecular flexibility index (Phi) is 4.95. The van der Waals surface area contributed by atoms with Crippen LogP contribution in [0.5, 0.6) is 0 Å². The molecule has 1 aromatic rings. The summed E-state index contributed by atoms with van der Waals surface area (Å²) in [6.45, 7) is 0. The highest BCUT2D eigenvalue weighted by atomic mass is 79.9. The first-order valence-corrected chi connectivity index (χ1v) is 7.31. The zero-order chi connectivity index (χ0) is 13.0. The van der Waals surface area contributed by atoms with Crippen LogP contribution < -0.4 is 5.73 Å². The zero-order valence-electron chi connectivity index (χ0n) is 10.5. The Bertz CT molecular complexity index is 422. The molecule has 3 heteroatoms. The summed E-state index contributed by atoms with van der Waals surface area (Å²) in [5.41, 5.74) is 8.60. The molecule has 0 bridgehead atoms. The fourth-order valence-electron chi connectivity index (χ4n) is 2.53. The van der Waals surface area contributed by atoms with Gasteiger partial charge in [-0.05, 0) is 62.3 Å². The van der Waals surface area contributed by atoms with Crippen LogP contribution in [0, 0.1) is 5.82 Å². The molecule has 1 aromatic carbocycles. The maximum atomic E-state index is 13.3. The highest BCUT2D eigenvalue weighted by molar-refractivity contribution is 9.10. The molecule has 2 rings (SSSR count). The minimum absolute atomic E-state index is 0.0862. The van der Waals surface area contributed by atoms with Gasteiger partial charge < -0.3 is 5.73 Å². The zero-order valence-corrected chi connectivity index (χ0v) is 12.0. The van der Waals surface area contributed by atoms with Crippen LogP contribution in [-0.2, 0) is 6.42 Å². The van der Waals surface area contributed by atoms with E-state index in [4.69, 9.17) is 5.73 Å². The molecule has 2 N–H and O–H groups in total. The molecule has 0 fully saturated rings. The van der Waals surface area contributed by atoms with Crippen molar-refractivity contribution in [2.75, 3.05) is 0 Å². The Labute approximate surface area is 116 Å². The molecule has 0 heterocycles. The lowest BCUT2D eigenvalue weighted by atomic mass is 9.92. The van der Waals surface area contributed by atoms with Gasteiger partial charge in [0, 0.05) is 10.5 Å². The molecule has 0 saturated heterocycles. The van der Waals surface area contributed by atoms with Crippen LogP contribution in [0.2, 0.25) is 0 Å². The standard InChI is InChI=1S/C15H19BrFN/c16-13-6-12(7-14(17)10-13)9-15(18)8-11-4-2-1-3-5-11/h4,6-7,10,15H,1-3,5,8-9,18H2. The highest BCUT2D eigenvalue weighted by Gasteiger charge is 2.10. The Balaban J connectivity index is 1.93. The van der Waals surface area contributed by atoms with Gasteiger partial charge in [-0.3, -0.25) is 0 Å². The van der Waals surface area contributed by atoms with E-state index >= 15 is 0 Å². The molecular weight excluding hydrogens is 293 g/mol. The molecule has 1 atom stereocenters. The number of hydrogen-bond acceptors (Lipinski definition) is 1. The molecule has 0 spiro atoms. The third-order valence-electron chi connectivity index (χ3n) is 3.33. The fraction of sp³-hybridized carbons (Fsp3) is 0.467. The molecule has 0 aromatic heterocycles. The Hall–Kier alpha value is -0.670. The average molecular weight is 312 g/mol. The Morgan fingerprint density at radius 3 is 2.72 bits per heavy atom. The molecule has 0 saturated carbocycles. The van der Waals surface area contributed by atoms with Gasteiger partial charge in [0.2, 0.25) is 0 Å². The first-order chi connectivity index (χ1) is 8.63. The number of allylic oxidation sites excluding steroid dienone is 1. The lowest BCUT2D eigenvalue weighted by molar-refractivity contribution is 0.597. The smallest absolute Gasteiger partial charge is 0.124 e. The molecule has 0 radical (unpaired) electrons. The van der Waals surface area contributed by atoms with Gasteiger partial charge in [-0.15, -0.1) is 0 Å². The van der Waals surface area contributed by atoms with Crippen LogP contribution in [0.4, 0.5) is 4.39 Å². The van der Waals surface area contributed by atoms with Gasteiger partial charge in [0.25, 0.3) is 0 Å². The summed E-state index contributed by atoms with van der Waals surface area (Å²) in [6, 6.07) is 5.07. The summed E-state index contributed by atoms with van der Waals surface area (Å²) in [5.74, 6) is -0.205. The van der Waals surface area contributed by atoms with Crippen molar-refractivity contribution >= 4 is 15.9 Å². The fourth-order valence-corrected chi connectivity index (χ4v) is 3.04. The van der Waals surface area contributed by atoms with Gasteiger partial charge in [0.15, 0.2) is 0 Å². The third kappa shape index (κ3) is 4.21. The van der Waals surface area contributed by atoms with Gasteiger partial charge in [-0.1, -0.05) is 27.6 Å². The van der Waals surface area contributed by atoms with E-state index in [1.54, 1.807) is 6.07 Å². The molecule has 18 heavy (non-hydrogen) atoms. The van der Waals surface area contributed by atoms with Crippen LogP contribution in [0.25, 0.3) is 0 Å². The summed E-state index contributed by atoms with van der Waals surface area (Å²) in [4.78, 5) is 0. The van der Waals surface area contributed by atoms with Crippen LogP contribution in [0.15, 0.2) is 34.3 Å². The number of benzene rings is 1. The summed E-state index contributed by atoms with van der Waals surface area (Å²) in [6.07, 6.45) is 8.94. The summed E-state index contributed by atoms with van der Waals surface area (Å²) < 4.78 is 14.0. The van der Waals surface area contributed by atoms with Gasteiger partial charge in [-0.2, -0.15) is 0 Å². The van der Waals surface area contributed by atoms with E-state index in [9.17, 15) is 4.39 Å². The minimum atomic E-state index is -0.205. The Morgan fingerprint density at radius 2 is 2.06 bits per heavy atom. The largest absolute Gasteiger partial charge is 0.327 e. The average Bonchev–Trinajstić information content (AvgIpc) is 2.28. The van der Waals surface area contributed by atoms with E-state index in [0.717, 1.165) is 22.9 Å². The van der Waals surface area contributed by atoms with Gasteiger partial charge in [-0.25, -0.2) is 4.39 Å². The third-order valence-corrected chi connectivity index (χ3v) is 3.79. The molecule has 1 aliphatic rings. The predicted molar refractivity (Wildman–Crippen MR) is 76.9 cm³/mol. The Morgan fingerprint density at radius 1 is 1.22 bits per heavy atom. The van der Waals surface area contributed by atoms with Crippen molar-refractivity contribution in [2.45, 2.75) is 44.6 Å². The van der Waals surface area contributed by atoms with Gasteiger partial charge >= 0.3 is 0 Å². The van der Waals surface area contributed by atoms with E-state index in [2.05, 4.69) is 22.0 Å². The number of halogens is 2. The van der Waals surface area contributed by atoms with Crippen LogP contribution in [0.3, 0.4) is 0 Å². The van der Waals surface area contributed by atoms with Crippen LogP contribution in [0.1, 0.15) is 37.7 Å². The number of hydrogen-bond donors (Lipinski definition) is 1. The normalized spacial score (nSPS) is 17.4. The van der Waals surface area contributed by atoms with Gasteiger partial charge in [0.1, 0.15) is 5.82 Å². The summed E-state index contributed by atoms with van der Waals surface area (Å²) in [7, 11) is 0. The van der Waals surface area contributed by atoms with E-state index in [-0.39, 0.29) is 11.9 Å². The van der Waals surface area contributed by atoms with Crippen molar-refractivity contribution < 1.29 is 4.39 Å². The van der Waals surface area contributed by atoms with Crippen LogP contribution in [-0.4, -0.2) is 6.04 Å². The second kappa shape index (κ2) is 6.48. The highest BCUT2D eigenvalue weighted by Crippen LogP contribution is 2.22. The monoisotopic (exact) mass is 311 g/mol. The molecule has 98 valence electrons. The molecule has 1 nitrogen and oxygen atoms in total. The lowest BCUT2D eigenvalue weighted by Gasteiger charge is -2.17. The van der Waals surface area contributed by atoms with Crippen molar-refractivity contribution in [2.24, 2.45) is 5.73 Å². The maximum absolute atomic E-state index is 13.3. The minimum Gasteiger partial charge on any atom is -0.327 e. The van der Waals surface area contributed by atoms with Crippen LogP contribution >= 0.6 is 15.9 Å². The van der Waals surface area contributed by atoms with Crippen molar-refractivity contribution in [3.63, 3.8) is 0 Å². The topological polar surface area (TPSA) is 26.0 Å².